The summed E-state index contributed by atoms with van der Waals surface area (Å²) in [6, 6.07) is 8.46. The van der Waals surface area contributed by atoms with E-state index >= 15 is 0 Å². The van der Waals surface area contributed by atoms with Crippen molar-refractivity contribution >= 4 is 22.6 Å². The lowest BCUT2D eigenvalue weighted by molar-refractivity contribution is -0.125. The van der Waals surface area contributed by atoms with E-state index in [0.717, 1.165) is 36.5 Å². The molecule has 3 N–H and O–H groups in total. The molecule has 2 fully saturated rings. The molecule has 0 radical (unpaired) electrons. The fraction of sp³-hybridized carbons (Fsp3) is 0.625. The molecule has 2 heterocycles. The molecule has 1 aliphatic heterocycles. The Morgan fingerprint density at radius 1 is 1.23 bits per heavy atom. The number of amides is 1. The van der Waals surface area contributed by atoms with Gasteiger partial charge in [-0.05, 0) is 36.8 Å². The number of piperazine rings is 1. The smallest absolute Gasteiger partial charge is 0.221 e. The van der Waals surface area contributed by atoms with Crippen LogP contribution in [0.2, 0.25) is 0 Å². The van der Waals surface area contributed by atoms with Crippen molar-refractivity contribution in [1.29, 1.82) is 0 Å². The summed E-state index contributed by atoms with van der Waals surface area (Å²) >= 11 is 0. The van der Waals surface area contributed by atoms with Crippen LogP contribution in [0.1, 0.15) is 52.3 Å². The number of hydrogen-bond donors (Lipinski definition) is 2. The monoisotopic (exact) mass is 424 g/mol. The van der Waals surface area contributed by atoms with Gasteiger partial charge < -0.3 is 11.1 Å². The Morgan fingerprint density at radius 3 is 2.77 bits per heavy atom. The molecule has 1 aromatic heterocycles. The Hall–Kier alpha value is -2.25. The third-order valence-electron chi connectivity index (χ3n) is 6.75. The maximum absolute atomic E-state index is 12.6. The molecule has 1 aliphatic carbocycles. The van der Waals surface area contributed by atoms with Crippen molar-refractivity contribution in [3.05, 3.63) is 30.1 Å². The summed E-state index contributed by atoms with van der Waals surface area (Å²) < 4.78 is 0. The summed E-state index contributed by atoms with van der Waals surface area (Å²) in [4.78, 5) is 26.8. The molecule has 1 amide bonds. The Kier molecular flexibility index (Phi) is 6.72. The summed E-state index contributed by atoms with van der Waals surface area (Å²) in [5, 5.41) is 4.18. The topological polar surface area (TPSA) is 87.4 Å². The molecule has 7 heteroatoms. The van der Waals surface area contributed by atoms with Gasteiger partial charge in [0.25, 0.3) is 0 Å². The second-order valence-electron chi connectivity index (χ2n) is 9.66. The lowest BCUT2D eigenvalue weighted by Gasteiger charge is -2.44. The largest absolute Gasteiger partial charge is 0.383 e. The Balaban J connectivity index is 1.52. The number of nitrogen functional groups attached to an aromatic ring is 1. The van der Waals surface area contributed by atoms with Gasteiger partial charge in [-0.25, -0.2) is 9.97 Å². The molecule has 3 unspecified atom stereocenters. The molecule has 2 aromatic rings. The maximum Gasteiger partial charge on any atom is 0.221 e. The minimum absolute atomic E-state index is 0.0379. The van der Waals surface area contributed by atoms with E-state index in [4.69, 9.17) is 10.7 Å². The minimum atomic E-state index is -0.0379. The predicted octanol–water partition coefficient (Wildman–Crippen LogP) is 3.01. The van der Waals surface area contributed by atoms with Crippen molar-refractivity contribution in [2.75, 3.05) is 25.4 Å². The third-order valence-corrected chi connectivity index (χ3v) is 6.75. The van der Waals surface area contributed by atoms with Crippen molar-refractivity contribution in [2.24, 2.45) is 11.8 Å². The average Bonchev–Trinajstić information content (AvgIpc) is 3.14. The van der Waals surface area contributed by atoms with Crippen LogP contribution in [-0.4, -0.2) is 57.5 Å². The van der Waals surface area contributed by atoms with Crippen LogP contribution in [0, 0.1) is 11.8 Å². The maximum atomic E-state index is 12.6. The van der Waals surface area contributed by atoms with E-state index in [1.165, 1.54) is 19.3 Å². The lowest BCUT2D eigenvalue weighted by atomic mass is 10.0. The summed E-state index contributed by atoms with van der Waals surface area (Å²) in [6.45, 7) is 9.84. The highest BCUT2D eigenvalue weighted by atomic mass is 16.1. The van der Waals surface area contributed by atoms with Crippen LogP contribution in [0.5, 0.6) is 0 Å². The van der Waals surface area contributed by atoms with Gasteiger partial charge in [-0.1, -0.05) is 39.3 Å². The first-order chi connectivity index (χ1) is 14.9. The van der Waals surface area contributed by atoms with Gasteiger partial charge in [0.05, 0.1) is 18.2 Å². The number of aromatic nitrogens is 2. The Labute approximate surface area is 185 Å². The van der Waals surface area contributed by atoms with Crippen molar-refractivity contribution in [1.82, 2.24) is 25.1 Å². The van der Waals surface area contributed by atoms with E-state index in [2.05, 4.69) is 40.9 Å². The van der Waals surface area contributed by atoms with Crippen LogP contribution < -0.4 is 11.1 Å². The number of rotatable bonds is 6. The van der Waals surface area contributed by atoms with E-state index in [1.807, 2.05) is 24.3 Å². The molecular weight excluding hydrogens is 388 g/mol. The first-order valence-electron chi connectivity index (χ1n) is 11.7. The van der Waals surface area contributed by atoms with Crippen LogP contribution in [0.3, 0.4) is 0 Å². The highest BCUT2D eigenvalue weighted by Gasteiger charge is 2.36. The average molecular weight is 425 g/mol. The first-order valence-corrected chi connectivity index (χ1v) is 11.7. The van der Waals surface area contributed by atoms with E-state index in [0.29, 0.717) is 36.6 Å². The molecular formula is C24H36N6O. The SMILES string of the molecule is CC(C)CC(=O)NC1CN(C2CCCC2C)CCN1Cc1nc(N)c2ccccc2n1. The van der Waals surface area contributed by atoms with E-state index in [-0.39, 0.29) is 12.1 Å². The number of anilines is 1. The van der Waals surface area contributed by atoms with Crippen LogP contribution in [0.25, 0.3) is 10.9 Å². The van der Waals surface area contributed by atoms with Gasteiger partial charge in [0, 0.05) is 37.5 Å². The normalized spacial score (nSPS) is 25.4. The second kappa shape index (κ2) is 9.49. The molecule has 168 valence electrons. The number of hydrogen-bond acceptors (Lipinski definition) is 6. The molecule has 3 atom stereocenters. The molecule has 1 saturated carbocycles. The number of nitrogens with two attached hydrogens (primary N) is 1. The molecule has 0 spiro atoms. The molecule has 1 aromatic carbocycles. The standard InChI is InChI=1S/C24H36N6O/c1-16(2)13-23(31)28-22-15-29(20-10-6-7-17(20)3)11-12-30(22)14-21-26-19-9-5-4-8-18(19)24(25)27-21/h4-5,8-9,16-17,20,22H,6-7,10-15H2,1-3H3,(H,28,31)(H2,25,26,27). The van der Waals surface area contributed by atoms with Crippen molar-refractivity contribution < 1.29 is 4.79 Å². The minimum Gasteiger partial charge on any atom is -0.383 e. The zero-order valence-corrected chi connectivity index (χ0v) is 19.1. The number of carbonyl (C=O) groups excluding carboxylic acids is 1. The van der Waals surface area contributed by atoms with Gasteiger partial charge in [-0.3, -0.25) is 14.6 Å². The molecule has 1 saturated heterocycles. The first kappa shape index (κ1) is 22.0. The van der Waals surface area contributed by atoms with Crippen molar-refractivity contribution in [3.63, 3.8) is 0 Å². The molecule has 0 bridgehead atoms. The molecule has 2 aliphatic rings. The number of para-hydroxylation sites is 1. The van der Waals surface area contributed by atoms with Gasteiger partial charge in [0.1, 0.15) is 11.6 Å². The third kappa shape index (κ3) is 5.15. The zero-order valence-electron chi connectivity index (χ0n) is 19.1. The number of nitrogens with one attached hydrogen (secondary N) is 1. The second-order valence-corrected chi connectivity index (χ2v) is 9.66. The number of carbonyl (C=O) groups is 1. The number of fused-ring (bicyclic) bond motifs is 1. The van der Waals surface area contributed by atoms with Crippen LogP contribution >= 0.6 is 0 Å². The summed E-state index contributed by atoms with van der Waals surface area (Å²) in [6.07, 6.45) is 4.38. The predicted molar refractivity (Wildman–Crippen MR) is 124 cm³/mol. The number of benzene rings is 1. The quantitative estimate of drug-likeness (QED) is 0.741. The van der Waals surface area contributed by atoms with Crippen LogP contribution in [0.4, 0.5) is 5.82 Å². The Bertz CT molecular complexity index is 916. The van der Waals surface area contributed by atoms with Gasteiger partial charge in [-0.2, -0.15) is 0 Å². The van der Waals surface area contributed by atoms with Crippen molar-refractivity contribution in [2.45, 2.75) is 65.2 Å². The van der Waals surface area contributed by atoms with Gasteiger partial charge in [-0.15, -0.1) is 0 Å². The Morgan fingerprint density at radius 2 is 2.03 bits per heavy atom. The fourth-order valence-corrected chi connectivity index (χ4v) is 5.16. The van der Waals surface area contributed by atoms with E-state index in [9.17, 15) is 4.79 Å². The van der Waals surface area contributed by atoms with Gasteiger partial charge in [0.15, 0.2) is 0 Å². The highest BCUT2D eigenvalue weighted by molar-refractivity contribution is 5.87. The van der Waals surface area contributed by atoms with Crippen LogP contribution in [-0.2, 0) is 11.3 Å². The summed E-state index contributed by atoms with van der Waals surface area (Å²) in [7, 11) is 0. The molecule has 7 nitrogen and oxygen atoms in total. The van der Waals surface area contributed by atoms with E-state index in [1.54, 1.807) is 0 Å². The van der Waals surface area contributed by atoms with Crippen LogP contribution in [0.15, 0.2) is 24.3 Å². The van der Waals surface area contributed by atoms with Gasteiger partial charge in [0.2, 0.25) is 5.91 Å². The fourth-order valence-electron chi connectivity index (χ4n) is 5.16. The molecule has 4 rings (SSSR count). The summed E-state index contributed by atoms with van der Waals surface area (Å²) in [5.74, 6) is 2.40. The van der Waals surface area contributed by atoms with Gasteiger partial charge >= 0.3 is 0 Å². The van der Waals surface area contributed by atoms with E-state index < -0.39 is 0 Å². The zero-order chi connectivity index (χ0) is 22.0. The highest BCUT2D eigenvalue weighted by Crippen LogP contribution is 2.31. The number of nitrogens with zero attached hydrogens (tertiary/aromatic N) is 4. The summed E-state index contributed by atoms with van der Waals surface area (Å²) in [5.41, 5.74) is 7.07. The van der Waals surface area contributed by atoms with Crippen molar-refractivity contribution in [3.8, 4) is 0 Å². The lowest BCUT2D eigenvalue weighted by Crippen LogP contribution is -2.62. The molecule has 31 heavy (non-hydrogen) atoms.